The minimum atomic E-state index is -0.952. The molecule has 1 aromatic carbocycles. The van der Waals surface area contributed by atoms with Crippen molar-refractivity contribution >= 4 is 5.97 Å². The number of rotatable bonds is 6. The lowest BCUT2D eigenvalue weighted by Crippen LogP contribution is -2.17. The zero-order valence-electron chi connectivity index (χ0n) is 8.82. The Morgan fingerprint density at radius 2 is 2.31 bits per heavy atom. The zero-order chi connectivity index (χ0) is 11.8. The molecule has 0 unspecified atom stereocenters. The van der Waals surface area contributed by atoms with Crippen LogP contribution in [0.5, 0.6) is 0 Å². The second-order valence-electron chi connectivity index (χ2n) is 3.32. The van der Waals surface area contributed by atoms with Gasteiger partial charge in [-0.3, -0.25) is 0 Å². The number of carbonyl (C=O) groups is 1. The molecule has 0 saturated heterocycles. The Balaban J connectivity index is 2.19. The van der Waals surface area contributed by atoms with Crippen molar-refractivity contribution in [2.24, 2.45) is 0 Å². The van der Waals surface area contributed by atoms with Gasteiger partial charge in [-0.25, -0.2) is 9.18 Å². The molecule has 0 aromatic heterocycles. The van der Waals surface area contributed by atoms with Crippen LogP contribution in [0.4, 0.5) is 4.39 Å². The third-order valence-corrected chi connectivity index (χ3v) is 2.00. The summed E-state index contributed by atoms with van der Waals surface area (Å²) in [5.41, 5.74) is 0.926. The van der Waals surface area contributed by atoms with Crippen LogP contribution in [-0.4, -0.2) is 24.2 Å². The van der Waals surface area contributed by atoms with Crippen LogP contribution in [-0.2, 0) is 11.2 Å². The first-order chi connectivity index (χ1) is 7.68. The predicted molar refractivity (Wildman–Crippen MR) is 59.7 cm³/mol. The summed E-state index contributed by atoms with van der Waals surface area (Å²) in [4.78, 5) is 10.1. The molecule has 1 rings (SSSR count). The monoisotopic (exact) mass is 223 g/mol. The Morgan fingerprint density at radius 1 is 1.50 bits per heavy atom. The number of carboxylic acid groups (broad SMARTS) is 1. The molecule has 1 aromatic rings. The Morgan fingerprint density at radius 3 is 3.00 bits per heavy atom. The van der Waals surface area contributed by atoms with Gasteiger partial charge in [-0.1, -0.05) is 18.2 Å². The number of carboxylic acids is 1. The van der Waals surface area contributed by atoms with Crippen LogP contribution in [0.3, 0.4) is 0 Å². The van der Waals surface area contributed by atoms with E-state index in [4.69, 9.17) is 5.11 Å². The van der Waals surface area contributed by atoms with Gasteiger partial charge in [-0.15, -0.1) is 0 Å². The van der Waals surface area contributed by atoms with Crippen molar-refractivity contribution < 1.29 is 14.3 Å². The fraction of sp³-hybridized carbons (Fsp3) is 0.250. The third-order valence-electron chi connectivity index (χ3n) is 2.00. The maximum absolute atomic E-state index is 12.8. The van der Waals surface area contributed by atoms with Crippen LogP contribution in [0.25, 0.3) is 0 Å². The normalized spacial score (nSPS) is 10.8. The summed E-state index contributed by atoms with van der Waals surface area (Å²) in [6.45, 7) is 1.19. The summed E-state index contributed by atoms with van der Waals surface area (Å²) in [7, 11) is 0. The highest BCUT2D eigenvalue weighted by Gasteiger charge is 1.94. The molecule has 0 heterocycles. The second kappa shape index (κ2) is 6.74. The second-order valence-corrected chi connectivity index (χ2v) is 3.32. The Hall–Kier alpha value is -1.68. The highest BCUT2D eigenvalue weighted by Crippen LogP contribution is 2.03. The molecule has 0 saturated carbocycles. The molecule has 0 amide bonds. The molecule has 0 aliphatic heterocycles. The lowest BCUT2D eigenvalue weighted by molar-refractivity contribution is -0.131. The van der Waals surface area contributed by atoms with E-state index in [0.717, 1.165) is 18.1 Å². The van der Waals surface area contributed by atoms with Crippen molar-refractivity contribution in [2.45, 2.75) is 6.42 Å². The van der Waals surface area contributed by atoms with Crippen LogP contribution < -0.4 is 5.32 Å². The van der Waals surface area contributed by atoms with Gasteiger partial charge in [0, 0.05) is 12.6 Å². The highest BCUT2D eigenvalue weighted by molar-refractivity contribution is 5.79. The largest absolute Gasteiger partial charge is 0.478 e. The minimum Gasteiger partial charge on any atom is -0.478 e. The average molecular weight is 223 g/mol. The quantitative estimate of drug-likeness (QED) is 0.569. The Kier molecular flexibility index (Phi) is 5.22. The van der Waals surface area contributed by atoms with Gasteiger partial charge >= 0.3 is 5.97 Å². The molecule has 0 bridgehead atoms. The maximum atomic E-state index is 12.8. The Bertz CT molecular complexity index is 377. The first-order valence-electron chi connectivity index (χ1n) is 5.03. The van der Waals surface area contributed by atoms with E-state index >= 15 is 0 Å². The first-order valence-corrected chi connectivity index (χ1v) is 5.03. The van der Waals surface area contributed by atoms with E-state index < -0.39 is 5.97 Å². The summed E-state index contributed by atoms with van der Waals surface area (Å²) in [5, 5.41) is 11.4. The van der Waals surface area contributed by atoms with Crippen molar-refractivity contribution in [1.29, 1.82) is 0 Å². The zero-order valence-corrected chi connectivity index (χ0v) is 8.82. The van der Waals surface area contributed by atoms with Gasteiger partial charge in [0.15, 0.2) is 0 Å². The number of halogens is 1. The van der Waals surface area contributed by atoms with Crippen LogP contribution in [0.15, 0.2) is 36.4 Å². The van der Waals surface area contributed by atoms with E-state index in [-0.39, 0.29) is 5.82 Å². The molecular formula is C12H14FNO2. The number of aliphatic carboxylic acids is 1. The molecule has 0 radical (unpaired) electrons. The fourth-order valence-corrected chi connectivity index (χ4v) is 1.27. The van der Waals surface area contributed by atoms with Crippen molar-refractivity contribution in [3.05, 3.63) is 47.8 Å². The summed E-state index contributed by atoms with van der Waals surface area (Å²) < 4.78 is 12.8. The Labute approximate surface area is 93.6 Å². The molecule has 0 aliphatic carbocycles. The molecule has 0 atom stereocenters. The van der Waals surface area contributed by atoms with Gasteiger partial charge in [-0.05, 0) is 30.7 Å². The highest BCUT2D eigenvalue weighted by atomic mass is 19.1. The summed E-state index contributed by atoms with van der Waals surface area (Å²) in [5.74, 6) is -1.18. The maximum Gasteiger partial charge on any atom is 0.328 e. The molecule has 2 N–H and O–H groups in total. The van der Waals surface area contributed by atoms with E-state index in [1.807, 2.05) is 6.07 Å². The summed E-state index contributed by atoms with van der Waals surface area (Å²) >= 11 is 0. The first kappa shape index (κ1) is 12.4. The van der Waals surface area contributed by atoms with Gasteiger partial charge in [-0.2, -0.15) is 0 Å². The lowest BCUT2D eigenvalue weighted by Gasteiger charge is -2.02. The van der Waals surface area contributed by atoms with Gasteiger partial charge in [0.1, 0.15) is 5.82 Å². The molecule has 3 nitrogen and oxygen atoms in total. The topological polar surface area (TPSA) is 49.3 Å². The lowest BCUT2D eigenvalue weighted by atomic mass is 10.1. The fourth-order valence-electron chi connectivity index (χ4n) is 1.27. The molecule has 0 aliphatic rings. The number of hydrogen-bond donors (Lipinski definition) is 2. The van der Waals surface area contributed by atoms with E-state index in [1.165, 1.54) is 18.2 Å². The van der Waals surface area contributed by atoms with Crippen molar-refractivity contribution in [1.82, 2.24) is 5.32 Å². The van der Waals surface area contributed by atoms with Gasteiger partial charge in [0.25, 0.3) is 0 Å². The van der Waals surface area contributed by atoms with Crippen LogP contribution in [0.2, 0.25) is 0 Å². The van der Waals surface area contributed by atoms with Gasteiger partial charge in [0.05, 0.1) is 0 Å². The van der Waals surface area contributed by atoms with E-state index in [1.54, 1.807) is 6.07 Å². The van der Waals surface area contributed by atoms with E-state index in [0.29, 0.717) is 13.1 Å². The smallest absolute Gasteiger partial charge is 0.328 e. The van der Waals surface area contributed by atoms with E-state index in [2.05, 4.69) is 5.32 Å². The summed E-state index contributed by atoms with van der Waals surface area (Å²) in [6.07, 6.45) is 3.35. The summed E-state index contributed by atoms with van der Waals surface area (Å²) in [6, 6.07) is 6.44. The average Bonchev–Trinajstić information content (AvgIpc) is 2.23. The van der Waals surface area contributed by atoms with Crippen molar-refractivity contribution in [2.75, 3.05) is 13.1 Å². The van der Waals surface area contributed by atoms with Crippen LogP contribution in [0.1, 0.15) is 5.56 Å². The van der Waals surface area contributed by atoms with Crippen molar-refractivity contribution in [3.8, 4) is 0 Å². The molecule has 16 heavy (non-hydrogen) atoms. The molecular weight excluding hydrogens is 209 g/mol. The van der Waals surface area contributed by atoms with Gasteiger partial charge in [0.2, 0.25) is 0 Å². The van der Waals surface area contributed by atoms with Crippen LogP contribution >= 0.6 is 0 Å². The SMILES string of the molecule is O=C(O)/C=C/CNCCc1cccc(F)c1. The molecule has 0 spiro atoms. The predicted octanol–water partition coefficient (Wildman–Crippen LogP) is 1.60. The van der Waals surface area contributed by atoms with E-state index in [9.17, 15) is 9.18 Å². The minimum absolute atomic E-state index is 0.233. The number of hydrogen-bond acceptors (Lipinski definition) is 2. The number of benzene rings is 1. The standard InChI is InChI=1S/C12H14FNO2/c13-11-4-1-3-10(9-11)6-8-14-7-2-5-12(15)16/h1-5,9,14H,6-8H2,(H,15,16)/b5-2+. The molecule has 4 heteroatoms. The third kappa shape index (κ3) is 5.26. The molecule has 0 fully saturated rings. The van der Waals surface area contributed by atoms with Gasteiger partial charge < -0.3 is 10.4 Å². The number of nitrogens with one attached hydrogen (secondary N) is 1. The van der Waals surface area contributed by atoms with Crippen LogP contribution in [0, 0.1) is 5.82 Å². The molecule has 86 valence electrons. The van der Waals surface area contributed by atoms with Crippen molar-refractivity contribution in [3.63, 3.8) is 0 Å².